The molecule has 1 aromatic carbocycles. The van der Waals surface area contributed by atoms with Crippen molar-refractivity contribution >= 4 is 11.8 Å². The molecule has 1 saturated carbocycles. The molecule has 0 aliphatic heterocycles. The van der Waals surface area contributed by atoms with Crippen molar-refractivity contribution in [1.29, 1.82) is 0 Å². The lowest BCUT2D eigenvalue weighted by Crippen LogP contribution is -2.44. The van der Waals surface area contributed by atoms with E-state index in [-0.39, 0.29) is 36.2 Å². The van der Waals surface area contributed by atoms with E-state index in [0.717, 1.165) is 18.4 Å². The van der Waals surface area contributed by atoms with Crippen LogP contribution in [-0.2, 0) is 9.59 Å². The summed E-state index contributed by atoms with van der Waals surface area (Å²) in [5, 5.41) is 5.85. The Morgan fingerprint density at radius 3 is 2.29 bits per heavy atom. The molecule has 2 N–H and O–H groups in total. The number of rotatable bonds is 6. The monoisotopic (exact) mass is 330 g/mol. The van der Waals surface area contributed by atoms with Crippen molar-refractivity contribution in [3.05, 3.63) is 35.4 Å². The van der Waals surface area contributed by atoms with Crippen molar-refractivity contribution in [2.24, 2.45) is 5.92 Å². The summed E-state index contributed by atoms with van der Waals surface area (Å²) in [5.41, 5.74) is 2.18. The first kappa shape index (κ1) is 18.5. The minimum atomic E-state index is -0.229. The molecule has 0 spiro atoms. The quantitative estimate of drug-likeness (QED) is 0.841. The van der Waals surface area contributed by atoms with Crippen LogP contribution in [0, 0.1) is 12.8 Å². The Morgan fingerprint density at radius 1 is 1.08 bits per heavy atom. The van der Waals surface area contributed by atoms with Crippen molar-refractivity contribution < 1.29 is 9.59 Å². The van der Waals surface area contributed by atoms with Crippen LogP contribution in [0.2, 0.25) is 0 Å². The number of carbonyl (C=O) groups is 2. The normalized spacial score (nSPS) is 16.7. The van der Waals surface area contributed by atoms with Crippen LogP contribution in [0.3, 0.4) is 0 Å². The van der Waals surface area contributed by atoms with Gasteiger partial charge >= 0.3 is 0 Å². The van der Waals surface area contributed by atoms with E-state index in [1.54, 1.807) is 0 Å². The summed E-state index contributed by atoms with van der Waals surface area (Å²) in [6.07, 6.45) is 5.73. The Morgan fingerprint density at radius 2 is 1.71 bits per heavy atom. The van der Waals surface area contributed by atoms with Crippen LogP contribution in [0.5, 0.6) is 0 Å². The van der Waals surface area contributed by atoms with Crippen LogP contribution >= 0.6 is 0 Å². The highest BCUT2D eigenvalue weighted by molar-refractivity contribution is 5.88. The van der Waals surface area contributed by atoms with Gasteiger partial charge in [-0.3, -0.25) is 9.59 Å². The molecule has 4 nitrogen and oxygen atoms in total. The van der Waals surface area contributed by atoms with Gasteiger partial charge in [-0.1, -0.05) is 62.9 Å². The number of hydrogen-bond acceptors (Lipinski definition) is 2. The fourth-order valence-electron chi connectivity index (χ4n) is 3.42. The SMILES string of the molecule is Cc1ccc(C(C(=O)NCC(=O)NC2CCCCC2)C(C)C)cc1. The smallest absolute Gasteiger partial charge is 0.239 e. The van der Waals surface area contributed by atoms with Gasteiger partial charge in [-0.2, -0.15) is 0 Å². The molecule has 2 amide bonds. The van der Waals surface area contributed by atoms with Gasteiger partial charge in [0.15, 0.2) is 0 Å². The maximum Gasteiger partial charge on any atom is 0.239 e. The maximum atomic E-state index is 12.6. The van der Waals surface area contributed by atoms with Crippen LogP contribution in [0.25, 0.3) is 0 Å². The molecule has 0 heterocycles. The molecule has 1 unspecified atom stereocenters. The zero-order chi connectivity index (χ0) is 17.5. The van der Waals surface area contributed by atoms with Gasteiger partial charge in [-0.05, 0) is 31.2 Å². The van der Waals surface area contributed by atoms with Gasteiger partial charge in [-0.15, -0.1) is 0 Å². The van der Waals surface area contributed by atoms with E-state index in [1.807, 2.05) is 45.0 Å². The molecule has 132 valence electrons. The Labute approximate surface area is 145 Å². The van der Waals surface area contributed by atoms with Crippen molar-refractivity contribution in [1.82, 2.24) is 10.6 Å². The van der Waals surface area contributed by atoms with Gasteiger partial charge in [-0.25, -0.2) is 0 Å². The second-order valence-electron chi connectivity index (χ2n) is 7.25. The number of nitrogens with one attached hydrogen (secondary N) is 2. The summed E-state index contributed by atoms with van der Waals surface area (Å²) >= 11 is 0. The van der Waals surface area contributed by atoms with E-state index < -0.39 is 0 Å². The molecule has 1 atom stereocenters. The van der Waals surface area contributed by atoms with Crippen molar-refractivity contribution in [2.75, 3.05) is 6.54 Å². The minimum Gasteiger partial charge on any atom is -0.352 e. The maximum absolute atomic E-state index is 12.6. The second-order valence-corrected chi connectivity index (χ2v) is 7.25. The lowest BCUT2D eigenvalue weighted by molar-refractivity contribution is -0.128. The average Bonchev–Trinajstić information content (AvgIpc) is 2.55. The van der Waals surface area contributed by atoms with Gasteiger partial charge in [0.2, 0.25) is 11.8 Å². The third-order valence-electron chi connectivity index (χ3n) is 4.78. The first-order chi connectivity index (χ1) is 11.5. The fourth-order valence-corrected chi connectivity index (χ4v) is 3.42. The van der Waals surface area contributed by atoms with Gasteiger partial charge < -0.3 is 10.6 Å². The van der Waals surface area contributed by atoms with Crippen LogP contribution in [0.15, 0.2) is 24.3 Å². The molecule has 2 rings (SSSR count). The largest absolute Gasteiger partial charge is 0.352 e. The molecule has 0 saturated heterocycles. The van der Waals surface area contributed by atoms with Crippen LogP contribution in [-0.4, -0.2) is 24.4 Å². The van der Waals surface area contributed by atoms with E-state index in [4.69, 9.17) is 0 Å². The highest BCUT2D eigenvalue weighted by Crippen LogP contribution is 2.25. The summed E-state index contributed by atoms with van der Waals surface area (Å²) in [6, 6.07) is 8.33. The van der Waals surface area contributed by atoms with E-state index in [9.17, 15) is 9.59 Å². The summed E-state index contributed by atoms with van der Waals surface area (Å²) in [6.45, 7) is 6.16. The van der Waals surface area contributed by atoms with E-state index in [0.29, 0.717) is 0 Å². The van der Waals surface area contributed by atoms with Crippen molar-refractivity contribution in [3.63, 3.8) is 0 Å². The lowest BCUT2D eigenvalue weighted by atomic mass is 9.87. The molecule has 4 heteroatoms. The van der Waals surface area contributed by atoms with Crippen LogP contribution in [0.4, 0.5) is 0 Å². The zero-order valence-electron chi connectivity index (χ0n) is 15.1. The Bertz CT molecular complexity index is 545. The molecule has 0 bridgehead atoms. The number of benzene rings is 1. The van der Waals surface area contributed by atoms with Gasteiger partial charge in [0.1, 0.15) is 0 Å². The average molecular weight is 330 g/mol. The second kappa shape index (κ2) is 8.86. The lowest BCUT2D eigenvalue weighted by Gasteiger charge is -2.24. The van der Waals surface area contributed by atoms with E-state index >= 15 is 0 Å². The predicted octanol–water partition coefficient (Wildman–Crippen LogP) is 3.30. The van der Waals surface area contributed by atoms with Crippen molar-refractivity contribution in [2.45, 2.75) is 64.8 Å². The molecule has 24 heavy (non-hydrogen) atoms. The third kappa shape index (κ3) is 5.36. The fraction of sp³-hybridized carbons (Fsp3) is 0.600. The molecule has 0 radical (unpaired) electrons. The van der Waals surface area contributed by atoms with Crippen LogP contribution in [0.1, 0.15) is 63.0 Å². The third-order valence-corrected chi connectivity index (χ3v) is 4.78. The molecule has 1 aliphatic carbocycles. The summed E-state index contributed by atoms with van der Waals surface area (Å²) < 4.78 is 0. The number of carbonyl (C=O) groups excluding carboxylic acids is 2. The van der Waals surface area contributed by atoms with Crippen LogP contribution < -0.4 is 10.6 Å². The first-order valence-electron chi connectivity index (χ1n) is 9.11. The minimum absolute atomic E-state index is 0.0599. The Kier molecular flexibility index (Phi) is 6.83. The van der Waals surface area contributed by atoms with Gasteiger partial charge in [0, 0.05) is 6.04 Å². The number of amides is 2. The Balaban J connectivity index is 1.88. The van der Waals surface area contributed by atoms with E-state index in [2.05, 4.69) is 10.6 Å². The molecule has 0 aromatic heterocycles. The molecule has 1 aromatic rings. The number of aryl methyl sites for hydroxylation is 1. The number of hydrogen-bond donors (Lipinski definition) is 2. The highest BCUT2D eigenvalue weighted by Gasteiger charge is 2.24. The van der Waals surface area contributed by atoms with Gasteiger partial charge in [0.05, 0.1) is 12.5 Å². The van der Waals surface area contributed by atoms with Gasteiger partial charge in [0.25, 0.3) is 0 Å². The van der Waals surface area contributed by atoms with E-state index in [1.165, 1.54) is 24.8 Å². The summed E-state index contributed by atoms with van der Waals surface area (Å²) in [4.78, 5) is 24.6. The molecule has 1 fully saturated rings. The zero-order valence-corrected chi connectivity index (χ0v) is 15.1. The topological polar surface area (TPSA) is 58.2 Å². The summed E-state index contributed by atoms with van der Waals surface area (Å²) in [7, 11) is 0. The highest BCUT2D eigenvalue weighted by atomic mass is 16.2. The first-order valence-corrected chi connectivity index (χ1v) is 9.11. The molecular weight excluding hydrogens is 300 g/mol. The van der Waals surface area contributed by atoms with Crippen molar-refractivity contribution in [3.8, 4) is 0 Å². The molecule has 1 aliphatic rings. The molecular formula is C20H30N2O2. The summed E-state index contributed by atoms with van der Waals surface area (Å²) in [5.74, 6) is -0.212. The predicted molar refractivity (Wildman–Crippen MR) is 96.8 cm³/mol. The Hall–Kier alpha value is -1.84. The standard InChI is InChI=1S/C20H30N2O2/c1-14(2)19(16-11-9-15(3)10-12-16)20(24)21-13-18(23)22-17-7-5-4-6-8-17/h9-12,14,17,19H,4-8,13H2,1-3H3,(H,21,24)(H,22,23).